The number of nitrogens with one attached hydrogen (secondary N) is 1. The van der Waals surface area contributed by atoms with E-state index in [4.69, 9.17) is 14.5 Å². The van der Waals surface area contributed by atoms with E-state index in [1.54, 1.807) is 66.3 Å². The fourth-order valence-electron chi connectivity index (χ4n) is 4.44. The normalized spacial score (nSPS) is 13.2. The molecule has 2 aromatic carbocycles. The molecule has 0 fully saturated rings. The van der Waals surface area contributed by atoms with Gasteiger partial charge in [0, 0.05) is 23.7 Å². The van der Waals surface area contributed by atoms with E-state index in [9.17, 15) is 14.4 Å². The van der Waals surface area contributed by atoms with E-state index in [-0.39, 0.29) is 17.2 Å². The van der Waals surface area contributed by atoms with Crippen molar-refractivity contribution in [2.24, 2.45) is 0 Å². The summed E-state index contributed by atoms with van der Waals surface area (Å²) < 4.78 is 11.9. The Morgan fingerprint density at radius 1 is 1.13 bits per heavy atom. The predicted octanol–water partition coefficient (Wildman–Crippen LogP) is 4.35. The van der Waals surface area contributed by atoms with Crippen LogP contribution in [0.2, 0.25) is 0 Å². The molecule has 4 aromatic rings. The maximum Gasteiger partial charge on any atom is 0.338 e. The molecule has 2 aromatic heterocycles. The molecule has 1 aliphatic rings. The maximum absolute atomic E-state index is 13.9. The third-order valence-electron chi connectivity index (χ3n) is 6.38. The molecular formula is C28H28N4O5S2. The van der Waals surface area contributed by atoms with Gasteiger partial charge < -0.3 is 19.7 Å². The highest BCUT2D eigenvalue weighted by Gasteiger charge is 2.25. The lowest BCUT2D eigenvalue weighted by Gasteiger charge is -2.21. The quantitative estimate of drug-likeness (QED) is 0.191. The van der Waals surface area contributed by atoms with Crippen molar-refractivity contribution in [3.8, 4) is 11.4 Å². The van der Waals surface area contributed by atoms with Gasteiger partial charge in [0.1, 0.15) is 10.6 Å². The van der Waals surface area contributed by atoms with E-state index in [1.165, 1.54) is 11.8 Å². The molecule has 11 heteroatoms. The number of aromatic nitrogens is 2. The number of hydrogen-bond acceptors (Lipinski definition) is 9. The van der Waals surface area contributed by atoms with Crippen LogP contribution in [0.4, 0.5) is 5.69 Å². The second-order valence-corrected chi connectivity index (χ2v) is 11.1. The molecule has 1 N–H and O–H groups in total. The summed E-state index contributed by atoms with van der Waals surface area (Å²) in [4.78, 5) is 47.6. The summed E-state index contributed by atoms with van der Waals surface area (Å²) in [6.45, 7) is 3.72. The van der Waals surface area contributed by atoms with Crippen LogP contribution < -0.4 is 15.6 Å². The molecule has 202 valence electrons. The molecule has 1 amide bonds. The number of anilines is 1. The lowest BCUT2D eigenvalue weighted by Crippen LogP contribution is -2.27. The summed E-state index contributed by atoms with van der Waals surface area (Å²) in [5, 5.41) is 3.94. The van der Waals surface area contributed by atoms with E-state index in [0.717, 1.165) is 30.0 Å². The van der Waals surface area contributed by atoms with Crippen LogP contribution in [0.1, 0.15) is 27.7 Å². The summed E-state index contributed by atoms with van der Waals surface area (Å²) in [6, 6.07) is 13.7. The monoisotopic (exact) mass is 564 g/mol. The first-order chi connectivity index (χ1) is 18.9. The molecule has 0 saturated heterocycles. The Morgan fingerprint density at radius 3 is 2.56 bits per heavy atom. The van der Waals surface area contributed by atoms with Crippen molar-refractivity contribution in [3.63, 3.8) is 0 Å². The number of hydrogen-bond donors (Lipinski definition) is 1. The maximum atomic E-state index is 13.9. The zero-order valence-electron chi connectivity index (χ0n) is 21.9. The number of carbonyl (C=O) groups is 2. The number of carbonyl (C=O) groups excluding carboxylic acids is 2. The number of thioether (sulfide) groups is 1. The number of fused-ring (bicyclic) bond motifs is 3. The fourth-order valence-corrected chi connectivity index (χ4v) is 6.59. The van der Waals surface area contributed by atoms with Crippen LogP contribution >= 0.6 is 23.1 Å². The zero-order valence-corrected chi connectivity index (χ0v) is 23.5. The highest BCUT2D eigenvalue weighted by atomic mass is 32.2. The van der Waals surface area contributed by atoms with Crippen LogP contribution in [0.5, 0.6) is 5.75 Å². The smallest absolute Gasteiger partial charge is 0.338 e. The van der Waals surface area contributed by atoms with Gasteiger partial charge in [-0.25, -0.2) is 9.78 Å². The van der Waals surface area contributed by atoms with Gasteiger partial charge >= 0.3 is 5.97 Å². The molecule has 5 rings (SSSR count). The summed E-state index contributed by atoms with van der Waals surface area (Å²) in [5.41, 5.74) is 2.56. The largest absolute Gasteiger partial charge is 0.497 e. The van der Waals surface area contributed by atoms with Crippen LogP contribution in [0, 0.1) is 0 Å². The molecule has 0 spiro atoms. The molecular weight excluding hydrogens is 536 g/mol. The summed E-state index contributed by atoms with van der Waals surface area (Å²) in [5.74, 6) is 0.0541. The highest BCUT2D eigenvalue weighted by Crippen LogP contribution is 2.34. The number of ether oxygens (including phenoxy) is 2. The highest BCUT2D eigenvalue weighted by molar-refractivity contribution is 7.99. The summed E-state index contributed by atoms with van der Waals surface area (Å²) in [7, 11) is 3.66. The second-order valence-electron chi connectivity index (χ2n) is 9.04. The summed E-state index contributed by atoms with van der Waals surface area (Å²) >= 11 is 2.75. The zero-order chi connectivity index (χ0) is 27.5. The van der Waals surface area contributed by atoms with Crippen molar-refractivity contribution in [1.29, 1.82) is 0 Å². The minimum Gasteiger partial charge on any atom is -0.497 e. The number of benzene rings is 2. The Bertz CT molecular complexity index is 1580. The third kappa shape index (κ3) is 5.70. The van der Waals surface area contributed by atoms with E-state index < -0.39 is 5.97 Å². The molecule has 0 bridgehead atoms. The number of nitrogens with zero attached hydrogens (tertiary/aromatic N) is 3. The van der Waals surface area contributed by atoms with Crippen LogP contribution in [-0.4, -0.2) is 59.4 Å². The van der Waals surface area contributed by atoms with Crippen molar-refractivity contribution in [2.45, 2.75) is 25.0 Å². The summed E-state index contributed by atoms with van der Waals surface area (Å²) in [6.07, 6.45) is 0.801. The fraction of sp³-hybridized carbons (Fsp3) is 0.286. The minimum absolute atomic E-state index is 0.0432. The van der Waals surface area contributed by atoms with Crippen LogP contribution in [0.3, 0.4) is 0 Å². The van der Waals surface area contributed by atoms with Gasteiger partial charge in [0.05, 0.1) is 36.1 Å². The number of methoxy groups -OCH3 is 1. The van der Waals surface area contributed by atoms with E-state index in [1.807, 2.05) is 12.1 Å². The van der Waals surface area contributed by atoms with Crippen molar-refractivity contribution < 1.29 is 19.1 Å². The van der Waals surface area contributed by atoms with Crippen LogP contribution in [-0.2, 0) is 22.5 Å². The van der Waals surface area contributed by atoms with Gasteiger partial charge in [-0.2, -0.15) is 0 Å². The second kappa shape index (κ2) is 11.6. The van der Waals surface area contributed by atoms with E-state index in [2.05, 4.69) is 17.3 Å². The van der Waals surface area contributed by atoms with Gasteiger partial charge in [-0.1, -0.05) is 11.8 Å². The topological polar surface area (TPSA) is 103 Å². The van der Waals surface area contributed by atoms with E-state index >= 15 is 0 Å². The van der Waals surface area contributed by atoms with Gasteiger partial charge in [0.25, 0.3) is 5.56 Å². The van der Waals surface area contributed by atoms with Gasteiger partial charge in [0.15, 0.2) is 5.16 Å². The molecule has 0 unspecified atom stereocenters. The lowest BCUT2D eigenvalue weighted by molar-refractivity contribution is -0.113. The Kier molecular flexibility index (Phi) is 8.01. The molecule has 39 heavy (non-hydrogen) atoms. The average Bonchev–Trinajstić information content (AvgIpc) is 3.30. The van der Waals surface area contributed by atoms with Crippen molar-refractivity contribution >= 4 is 50.9 Å². The van der Waals surface area contributed by atoms with Gasteiger partial charge in [-0.05, 0) is 74.5 Å². The Labute approximate surface area is 233 Å². The first-order valence-electron chi connectivity index (χ1n) is 12.5. The first kappa shape index (κ1) is 26.9. The number of amides is 1. The number of thiophene rings is 1. The third-order valence-corrected chi connectivity index (χ3v) is 8.43. The Balaban J connectivity index is 1.43. The molecule has 0 aliphatic carbocycles. The lowest BCUT2D eigenvalue weighted by atomic mass is 10.1. The van der Waals surface area contributed by atoms with Gasteiger partial charge in [-0.15, -0.1) is 11.3 Å². The van der Waals surface area contributed by atoms with Crippen molar-refractivity contribution in [1.82, 2.24) is 14.5 Å². The average molecular weight is 565 g/mol. The standard InChI is InChI=1S/C28H28N4O5S2/c1-4-37-27(35)17-5-7-18(8-6-17)29-23(33)16-38-28-30-25-24(21-13-14-31(2)15-22(21)39-25)26(34)32(28)19-9-11-20(36-3)12-10-19/h5-12H,4,13-16H2,1-3H3,(H,29,33). The Morgan fingerprint density at radius 2 is 1.87 bits per heavy atom. The van der Waals surface area contributed by atoms with Crippen LogP contribution in [0.15, 0.2) is 58.5 Å². The number of rotatable bonds is 8. The molecule has 0 radical (unpaired) electrons. The molecule has 0 atom stereocenters. The minimum atomic E-state index is -0.411. The molecule has 3 heterocycles. The van der Waals surface area contributed by atoms with Gasteiger partial charge in [-0.3, -0.25) is 14.2 Å². The number of likely N-dealkylation sites (N-methyl/N-ethyl adjacent to an activating group) is 1. The van der Waals surface area contributed by atoms with Crippen molar-refractivity contribution in [2.75, 3.05) is 38.4 Å². The molecule has 1 aliphatic heterocycles. The van der Waals surface area contributed by atoms with Crippen LogP contribution in [0.25, 0.3) is 15.9 Å². The van der Waals surface area contributed by atoms with E-state index in [0.29, 0.717) is 44.7 Å². The van der Waals surface area contributed by atoms with Gasteiger partial charge in [0.2, 0.25) is 5.91 Å². The molecule has 9 nitrogen and oxygen atoms in total. The number of esters is 1. The molecule has 0 saturated carbocycles. The Hall–Kier alpha value is -3.67. The first-order valence-corrected chi connectivity index (χ1v) is 14.3. The SMILES string of the molecule is CCOC(=O)c1ccc(NC(=O)CSc2nc3sc4c(c3c(=O)n2-c2ccc(OC)cc2)CCN(C)C4)cc1. The van der Waals surface area contributed by atoms with Crippen molar-refractivity contribution in [3.05, 3.63) is 74.9 Å². The predicted molar refractivity (Wildman–Crippen MR) is 154 cm³/mol.